The molecule has 2 heterocycles. The van der Waals surface area contributed by atoms with Gasteiger partial charge in [-0.3, -0.25) is 0 Å². The highest BCUT2D eigenvalue weighted by Gasteiger charge is 2.21. The minimum absolute atomic E-state index is 0.859. The number of benzene rings is 12. The Morgan fingerprint density at radius 1 is 0.275 bits per heavy atom. The zero-order valence-electron chi connectivity index (χ0n) is 37.6. The van der Waals surface area contributed by atoms with Crippen LogP contribution in [0.2, 0.25) is 0 Å². The van der Waals surface area contributed by atoms with Gasteiger partial charge in [-0.2, -0.15) is 0 Å². The standard InChI is InChI=1S/C66H42N2O/c1-3-14-43(15-4-1)44-26-28-45(29-27-44)47-32-38-62-60(40-47)61-41-48(33-39-63(61)68(62)49-16-5-2-6-17-49)46-30-34-50(35-31-46)67(64-24-13-23-58-57-22-11-12-25-65(57)69-66(58)64)51-36-37-56-54-20-8-7-18-52(54)53-19-9-10-21-55(53)59(56)42-51/h1-42H. The van der Waals surface area contributed by atoms with Crippen LogP contribution in [0.1, 0.15) is 0 Å². The van der Waals surface area contributed by atoms with Crippen LogP contribution in [-0.4, -0.2) is 4.57 Å². The summed E-state index contributed by atoms with van der Waals surface area (Å²) in [6, 6.07) is 92.4. The lowest BCUT2D eigenvalue weighted by Gasteiger charge is -2.26. The Morgan fingerprint density at radius 2 is 0.725 bits per heavy atom. The number of furan rings is 1. The van der Waals surface area contributed by atoms with Gasteiger partial charge in [-0.05, 0) is 138 Å². The van der Waals surface area contributed by atoms with Gasteiger partial charge in [0.1, 0.15) is 5.58 Å². The fourth-order valence-corrected chi connectivity index (χ4v) is 10.9. The lowest BCUT2D eigenvalue weighted by Crippen LogP contribution is -2.10. The first kappa shape index (κ1) is 39.0. The molecule has 12 aromatic carbocycles. The van der Waals surface area contributed by atoms with E-state index < -0.39 is 0 Å². The molecule has 0 saturated heterocycles. The molecule has 2 aromatic heterocycles. The topological polar surface area (TPSA) is 21.3 Å². The molecule has 0 radical (unpaired) electrons. The third-order valence-corrected chi connectivity index (χ3v) is 14.2. The summed E-state index contributed by atoms with van der Waals surface area (Å²) in [6.45, 7) is 0. The first-order valence-corrected chi connectivity index (χ1v) is 23.7. The van der Waals surface area contributed by atoms with Crippen LogP contribution in [0.4, 0.5) is 17.1 Å². The fourth-order valence-electron chi connectivity index (χ4n) is 10.9. The van der Waals surface area contributed by atoms with Crippen LogP contribution in [-0.2, 0) is 0 Å². The van der Waals surface area contributed by atoms with E-state index in [-0.39, 0.29) is 0 Å². The number of para-hydroxylation sites is 3. The van der Waals surface area contributed by atoms with Crippen molar-refractivity contribution >= 4 is 93.1 Å². The molecule has 0 aliphatic rings. The minimum atomic E-state index is 0.859. The van der Waals surface area contributed by atoms with Crippen molar-refractivity contribution in [3.05, 3.63) is 255 Å². The van der Waals surface area contributed by atoms with Crippen molar-refractivity contribution in [2.24, 2.45) is 0 Å². The van der Waals surface area contributed by atoms with Crippen molar-refractivity contribution in [2.45, 2.75) is 0 Å². The zero-order chi connectivity index (χ0) is 45.4. The second kappa shape index (κ2) is 15.7. The summed E-state index contributed by atoms with van der Waals surface area (Å²) < 4.78 is 9.14. The van der Waals surface area contributed by atoms with Crippen LogP contribution < -0.4 is 4.90 Å². The third-order valence-electron chi connectivity index (χ3n) is 14.2. The number of hydrogen-bond acceptors (Lipinski definition) is 2. The lowest BCUT2D eigenvalue weighted by molar-refractivity contribution is 0.669. The van der Waals surface area contributed by atoms with Gasteiger partial charge in [0, 0.05) is 38.6 Å². The van der Waals surface area contributed by atoms with E-state index in [1.165, 1.54) is 76.4 Å². The van der Waals surface area contributed by atoms with Crippen LogP contribution in [0.5, 0.6) is 0 Å². The van der Waals surface area contributed by atoms with Crippen molar-refractivity contribution in [1.82, 2.24) is 4.57 Å². The highest BCUT2D eigenvalue weighted by molar-refractivity contribution is 6.26. The molecule has 322 valence electrons. The zero-order valence-corrected chi connectivity index (χ0v) is 37.6. The molecule has 14 aromatic rings. The van der Waals surface area contributed by atoms with Gasteiger partial charge in [0.15, 0.2) is 5.58 Å². The molecule has 0 amide bonds. The van der Waals surface area contributed by atoms with Crippen LogP contribution >= 0.6 is 0 Å². The fraction of sp³-hybridized carbons (Fsp3) is 0. The molecule has 0 unspecified atom stereocenters. The van der Waals surface area contributed by atoms with E-state index in [2.05, 4.69) is 258 Å². The Hall–Kier alpha value is -9.18. The molecule has 0 spiro atoms. The Balaban J connectivity index is 0.916. The summed E-state index contributed by atoms with van der Waals surface area (Å²) >= 11 is 0. The summed E-state index contributed by atoms with van der Waals surface area (Å²) in [5.41, 5.74) is 15.5. The molecule has 0 aliphatic carbocycles. The molecule has 3 nitrogen and oxygen atoms in total. The van der Waals surface area contributed by atoms with E-state index in [1.54, 1.807) is 0 Å². The van der Waals surface area contributed by atoms with Gasteiger partial charge in [-0.1, -0.05) is 182 Å². The molecule has 0 aliphatic heterocycles. The summed E-state index contributed by atoms with van der Waals surface area (Å²) in [7, 11) is 0. The number of aromatic nitrogens is 1. The van der Waals surface area contributed by atoms with E-state index in [4.69, 9.17) is 4.42 Å². The SMILES string of the molecule is c1ccc(-c2ccc(-c3ccc4c(c3)c3cc(-c5ccc(N(c6ccc7c8ccccc8c8ccccc8c7c6)c6cccc7c6oc6ccccc67)cc5)ccc3n4-c3ccccc3)cc2)cc1. The van der Waals surface area contributed by atoms with Crippen molar-refractivity contribution in [1.29, 1.82) is 0 Å². The maximum absolute atomic E-state index is 6.74. The molecule has 0 bridgehead atoms. The predicted octanol–water partition coefficient (Wildman–Crippen LogP) is 18.6. The average molecular weight is 879 g/mol. The Kier molecular flexibility index (Phi) is 8.90. The van der Waals surface area contributed by atoms with Gasteiger partial charge in [-0.15, -0.1) is 0 Å². The van der Waals surface area contributed by atoms with E-state index >= 15 is 0 Å². The van der Waals surface area contributed by atoms with E-state index in [0.717, 1.165) is 55.8 Å². The van der Waals surface area contributed by atoms with Crippen LogP contribution in [0, 0.1) is 0 Å². The number of fused-ring (bicyclic) bond motifs is 12. The highest BCUT2D eigenvalue weighted by atomic mass is 16.3. The summed E-state index contributed by atoms with van der Waals surface area (Å²) in [5, 5.41) is 12.1. The summed E-state index contributed by atoms with van der Waals surface area (Å²) in [5.74, 6) is 0. The van der Waals surface area contributed by atoms with Crippen molar-refractivity contribution in [3.63, 3.8) is 0 Å². The van der Waals surface area contributed by atoms with Gasteiger partial charge in [0.2, 0.25) is 0 Å². The van der Waals surface area contributed by atoms with E-state index in [0.29, 0.717) is 0 Å². The second-order valence-corrected chi connectivity index (χ2v) is 18.0. The van der Waals surface area contributed by atoms with Gasteiger partial charge >= 0.3 is 0 Å². The number of hydrogen-bond donors (Lipinski definition) is 0. The molecule has 69 heavy (non-hydrogen) atoms. The largest absolute Gasteiger partial charge is 0.454 e. The molecule has 0 saturated carbocycles. The van der Waals surface area contributed by atoms with Crippen LogP contribution in [0.15, 0.2) is 259 Å². The second-order valence-electron chi connectivity index (χ2n) is 18.0. The molecule has 3 heteroatoms. The Labute approximate surface area is 399 Å². The van der Waals surface area contributed by atoms with Crippen molar-refractivity contribution < 1.29 is 4.42 Å². The molecular weight excluding hydrogens is 837 g/mol. The molecule has 0 atom stereocenters. The van der Waals surface area contributed by atoms with Gasteiger partial charge in [0.25, 0.3) is 0 Å². The molecule has 0 N–H and O–H groups in total. The number of anilines is 3. The van der Waals surface area contributed by atoms with Crippen molar-refractivity contribution in [3.8, 4) is 39.1 Å². The first-order valence-electron chi connectivity index (χ1n) is 23.7. The van der Waals surface area contributed by atoms with Gasteiger partial charge < -0.3 is 13.9 Å². The minimum Gasteiger partial charge on any atom is -0.454 e. The quantitative estimate of drug-likeness (QED) is 0.149. The molecule has 0 fully saturated rings. The maximum atomic E-state index is 6.74. The van der Waals surface area contributed by atoms with Crippen molar-refractivity contribution in [2.75, 3.05) is 4.90 Å². The summed E-state index contributed by atoms with van der Waals surface area (Å²) in [4.78, 5) is 2.36. The lowest BCUT2D eigenvalue weighted by atomic mass is 9.94. The monoisotopic (exact) mass is 878 g/mol. The Morgan fingerprint density at radius 3 is 1.35 bits per heavy atom. The van der Waals surface area contributed by atoms with Gasteiger partial charge in [-0.25, -0.2) is 0 Å². The van der Waals surface area contributed by atoms with Crippen LogP contribution in [0.25, 0.3) is 115 Å². The smallest absolute Gasteiger partial charge is 0.159 e. The normalized spacial score (nSPS) is 11.8. The van der Waals surface area contributed by atoms with E-state index in [1.807, 2.05) is 6.07 Å². The van der Waals surface area contributed by atoms with Gasteiger partial charge in [0.05, 0.1) is 16.7 Å². The average Bonchev–Trinajstić information content (AvgIpc) is 3.97. The van der Waals surface area contributed by atoms with E-state index in [9.17, 15) is 0 Å². The Bertz CT molecular complexity index is 4240. The first-order chi connectivity index (χ1) is 34.2. The predicted molar refractivity (Wildman–Crippen MR) is 292 cm³/mol. The number of rotatable bonds is 7. The molecular formula is C66H42N2O. The third kappa shape index (κ3) is 6.36. The molecule has 14 rings (SSSR count). The summed E-state index contributed by atoms with van der Waals surface area (Å²) in [6.07, 6.45) is 0. The maximum Gasteiger partial charge on any atom is 0.159 e. The number of nitrogens with zero attached hydrogens (tertiary/aromatic N) is 2. The highest BCUT2D eigenvalue weighted by Crippen LogP contribution is 2.45. The van der Waals surface area contributed by atoms with Crippen LogP contribution in [0.3, 0.4) is 0 Å².